The first-order valence-corrected chi connectivity index (χ1v) is 7.04. The maximum Gasteiger partial charge on any atom is 0.235 e. The number of isocyanates is 1. The summed E-state index contributed by atoms with van der Waals surface area (Å²) in [6.45, 7) is 0.436. The molecule has 1 saturated carbocycles. The van der Waals surface area contributed by atoms with Crippen molar-refractivity contribution in [2.75, 3.05) is 21.3 Å². The Bertz CT molecular complexity index is 543. The fourth-order valence-corrected chi connectivity index (χ4v) is 3.12. The Morgan fingerprint density at radius 1 is 1.14 bits per heavy atom. The van der Waals surface area contributed by atoms with E-state index in [1.54, 1.807) is 27.4 Å². The summed E-state index contributed by atoms with van der Waals surface area (Å²) in [5, 5.41) is 0. The second-order valence-corrected chi connectivity index (χ2v) is 5.24. The first-order chi connectivity index (χ1) is 10.2. The topological polar surface area (TPSA) is 57.1 Å². The summed E-state index contributed by atoms with van der Waals surface area (Å²) in [7, 11) is 4.84. The molecule has 21 heavy (non-hydrogen) atoms. The predicted molar refractivity (Wildman–Crippen MR) is 78.5 cm³/mol. The fraction of sp³-hybridized carbons (Fsp3) is 0.562. The molecule has 2 rings (SSSR count). The predicted octanol–water partition coefficient (Wildman–Crippen LogP) is 2.96. The van der Waals surface area contributed by atoms with E-state index in [2.05, 4.69) is 4.99 Å². The third-order valence-corrected chi connectivity index (χ3v) is 4.10. The zero-order valence-corrected chi connectivity index (χ0v) is 12.8. The summed E-state index contributed by atoms with van der Waals surface area (Å²) in [4.78, 5) is 15.0. The van der Waals surface area contributed by atoms with Gasteiger partial charge in [0.2, 0.25) is 6.08 Å². The first-order valence-electron chi connectivity index (χ1n) is 7.04. The van der Waals surface area contributed by atoms with Crippen LogP contribution in [0.3, 0.4) is 0 Å². The van der Waals surface area contributed by atoms with Crippen LogP contribution in [0, 0.1) is 0 Å². The molecule has 1 fully saturated rings. The first kappa shape index (κ1) is 15.5. The van der Waals surface area contributed by atoms with Crippen LogP contribution >= 0.6 is 0 Å². The number of ether oxygens (including phenoxy) is 3. The minimum absolute atomic E-state index is 0.436. The fourth-order valence-electron chi connectivity index (χ4n) is 3.12. The van der Waals surface area contributed by atoms with E-state index in [-0.39, 0.29) is 0 Å². The van der Waals surface area contributed by atoms with Crippen LogP contribution in [0.15, 0.2) is 17.1 Å². The van der Waals surface area contributed by atoms with Crippen molar-refractivity contribution in [3.8, 4) is 11.5 Å². The van der Waals surface area contributed by atoms with E-state index in [0.29, 0.717) is 18.1 Å². The number of hydrogen-bond donors (Lipinski definition) is 0. The molecule has 0 radical (unpaired) electrons. The van der Waals surface area contributed by atoms with Crippen molar-refractivity contribution in [1.82, 2.24) is 0 Å². The van der Waals surface area contributed by atoms with E-state index < -0.39 is 5.54 Å². The number of aliphatic imine (C=N–C) groups is 1. The molecule has 0 N–H and O–H groups in total. The minimum Gasteiger partial charge on any atom is -0.493 e. The maximum atomic E-state index is 10.9. The van der Waals surface area contributed by atoms with Gasteiger partial charge in [0, 0.05) is 7.11 Å². The summed E-state index contributed by atoms with van der Waals surface area (Å²) < 4.78 is 16.0. The molecule has 1 aromatic carbocycles. The lowest BCUT2D eigenvalue weighted by Crippen LogP contribution is -2.21. The van der Waals surface area contributed by atoms with Gasteiger partial charge < -0.3 is 14.2 Å². The van der Waals surface area contributed by atoms with Gasteiger partial charge in [0.15, 0.2) is 11.5 Å². The standard InChI is InChI=1S/C16H21NO4/c1-19-10-12-8-14(20-2)15(21-3)9-13(12)16(17-11-18)6-4-5-7-16/h8-9H,4-7,10H2,1-3H3. The van der Waals surface area contributed by atoms with Gasteiger partial charge >= 0.3 is 0 Å². The molecular formula is C16H21NO4. The van der Waals surface area contributed by atoms with Crippen molar-refractivity contribution >= 4 is 6.08 Å². The van der Waals surface area contributed by atoms with Crippen molar-refractivity contribution < 1.29 is 19.0 Å². The van der Waals surface area contributed by atoms with Gasteiger partial charge in [-0.25, -0.2) is 4.79 Å². The zero-order valence-electron chi connectivity index (χ0n) is 12.8. The quantitative estimate of drug-likeness (QED) is 0.597. The summed E-state index contributed by atoms with van der Waals surface area (Å²) in [6.07, 6.45) is 5.53. The van der Waals surface area contributed by atoms with E-state index in [0.717, 1.165) is 36.8 Å². The van der Waals surface area contributed by atoms with Crippen LogP contribution in [-0.4, -0.2) is 27.4 Å². The molecule has 5 nitrogen and oxygen atoms in total. The molecule has 5 heteroatoms. The Labute approximate surface area is 124 Å². The number of carbonyl (C=O) groups excluding carboxylic acids is 1. The molecule has 0 spiro atoms. The molecule has 0 unspecified atom stereocenters. The monoisotopic (exact) mass is 291 g/mol. The average Bonchev–Trinajstić information content (AvgIpc) is 2.97. The van der Waals surface area contributed by atoms with Gasteiger partial charge in [0.05, 0.1) is 26.4 Å². The van der Waals surface area contributed by atoms with Crippen molar-refractivity contribution in [2.24, 2.45) is 4.99 Å². The number of benzene rings is 1. The van der Waals surface area contributed by atoms with Crippen LogP contribution < -0.4 is 9.47 Å². The van der Waals surface area contributed by atoms with Gasteiger partial charge in [0.25, 0.3) is 0 Å². The van der Waals surface area contributed by atoms with Gasteiger partial charge in [-0.1, -0.05) is 12.8 Å². The summed E-state index contributed by atoms with van der Waals surface area (Å²) in [5.41, 5.74) is 1.44. The summed E-state index contributed by atoms with van der Waals surface area (Å²) in [6, 6.07) is 3.82. The highest BCUT2D eigenvalue weighted by atomic mass is 16.5. The highest BCUT2D eigenvalue weighted by molar-refractivity contribution is 5.51. The van der Waals surface area contributed by atoms with Crippen LogP contribution in [-0.2, 0) is 21.7 Å². The van der Waals surface area contributed by atoms with Crippen molar-refractivity contribution in [3.05, 3.63) is 23.3 Å². The minimum atomic E-state index is -0.505. The Morgan fingerprint density at radius 2 is 1.76 bits per heavy atom. The summed E-state index contributed by atoms with van der Waals surface area (Å²) >= 11 is 0. The largest absolute Gasteiger partial charge is 0.493 e. The SMILES string of the molecule is COCc1cc(OC)c(OC)cc1C1(N=C=O)CCCC1. The molecule has 114 valence electrons. The van der Waals surface area contributed by atoms with E-state index >= 15 is 0 Å². The van der Waals surface area contributed by atoms with E-state index in [1.807, 2.05) is 12.1 Å². The Kier molecular flexibility index (Phi) is 4.99. The van der Waals surface area contributed by atoms with Gasteiger partial charge in [-0.15, -0.1) is 0 Å². The van der Waals surface area contributed by atoms with Gasteiger partial charge in [-0.05, 0) is 36.1 Å². The van der Waals surface area contributed by atoms with Crippen LogP contribution in [0.25, 0.3) is 0 Å². The van der Waals surface area contributed by atoms with Crippen molar-refractivity contribution in [3.63, 3.8) is 0 Å². The third kappa shape index (κ3) is 2.94. The maximum absolute atomic E-state index is 10.9. The van der Waals surface area contributed by atoms with E-state index in [9.17, 15) is 4.79 Å². The number of hydrogen-bond acceptors (Lipinski definition) is 5. The van der Waals surface area contributed by atoms with E-state index in [1.165, 1.54) is 0 Å². The lowest BCUT2D eigenvalue weighted by atomic mass is 9.85. The molecular weight excluding hydrogens is 270 g/mol. The molecule has 0 aromatic heterocycles. The lowest BCUT2D eigenvalue weighted by Gasteiger charge is -2.27. The second-order valence-electron chi connectivity index (χ2n) is 5.24. The van der Waals surface area contributed by atoms with Crippen molar-refractivity contribution in [1.29, 1.82) is 0 Å². The number of rotatable bonds is 6. The normalized spacial score (nSPS) is 16.3. The summed E-state index contributed by atoms with van der Waals surface area (Å²) in [5.74, 6) is 1.29. The van der Waals surface area contributed by atoms with Crippen LogP contribution in [0.4, 0.5) is 0 Å². The highest BCUT2D eigenvalue weighted by Gasteiger charge is 2.38. The third-order valence-electron chi connectivity index (χ3n) is 4.10. The second kappa shape index (κ2) is 6.74. The molecule has 1 aliphatic carbocycles. The van der Waals surface area contributed by atoms with Crippen LogP contribution in [0.5, 0.6) is 11.5 Å². The van der Waals surface area contributed by atoms with Crippen molar-refractivity contribution in [2.45, 2.75) is 37.8 Å². The van der Waals surface area contributed by atoms with E-state index in [4.69, 9.17) is 14.2 Å². The molecule has 0 aliphatic heterocycles. The molecule has 0 amide bonds. The molecule has 0 heterocycles. The van der Waals surface area contributed by atoms with Crippen LogP contribution in [0.1, 0.15) is 36.8 Å². The zero-order chi connectivity index (χ0) is 15.3. The number of methoxy groups -OCH3 is 3. The molecule has 0 bridgehead atoms. The molecule has 1 aliphatic rings. The van der Waals surface area contributed by atoms with Crippen LogP contribution in [0.2, 0.25) is 0 Å². The Balaban J connectivity index is 2.61. The molecule has 1 aromatic rings. The van der Waals surface area contributed by atoms with Gasteiger partial charge in [-0.2, -0.15) is 4.99 Å². The average molecular weight is 291 g/mol. The molecule has 0 atom stereocenters. The molecule has 0 saturated heterocycles. The van der Waals surface area contributed by atoms with Gasteiger partial charge in [0.1, 0.15) is 0 Å². The Hall–Kier alpha value is -1.84. The smallest absolute Gasteiger partial charge is 0.235 e. The lowest BCUT2D eigenvalue weighted by molar-refractivity contribution is 0.182. The highest BCUT2D eigenvalue weighted by Crippen LogP contribution is 2.46. The number of nitrogens with zero attached hydrogens (tertiary/aromatic N) is 1. The van der Waals surface area contributed by atoms with Gasteiger partial charge in [-0.3, -0.25) is 0 Å². The Morgan fingerprint density at radius 3 is 2.29 bits per heavy atom.